The Morgan fingerprint density at radius 2 is 1.61 bits per heavy atom. The van der Waals surface area contributed by atoms with Crippen LogP contribution in [0.1, 0.15) is 30.4 Å². The summed E-state index contributed by atoms with van der Waals surface area (Å²) in [6.45, 7) is 0.0506. The number of ether oxygens (including phenoxy) is 3. The van der Waals surface area contributed by atoms with Gasteiger partial charge in [0.05, 0.1) is 34.8 Å². The van der Waals surface area contributed by atoms with E-state index in [-0.39, 0.29) is 37.3 Å². The Morgan fingerprint density at radius 3 is 2.30 bits per heavy atom. The molecule has 2 heterocycles. The largest absolute Gasteiger partial charge is 0.508 e. The first kappa shape index (κ1) is 31.2. The highest BCUT2D eigenvalue weighted by atomic mass is 79.9. The number of hydrogen-bond donors (Lipinski definition) is 0. The van der Waals surface area contributed by atoms with Crippen molar-refractivity contribution in [2.45, 2.75) is 51.2 Å². The zero-order valence-corrected chi connectivity index (χ0v) is 25.9. The molecule has 1 aliphatic heterocycles. The molecule has 0 bridgehead atoms. The fraction of sp³-hybridized carbons (Fsp3) is 0.281. The van der Waals surface area contributed by atoms with Crippen LogP contribution in [0, 0.1) is 0 Å². The van der Waals surface area contributed by atoms with Gasteiger partial charge in [-0.3, -0.25) is 14.2 Å². The zero-order chi connectivity index (χ0) is 31.1. The highest BCUT2D eigenvalue weighted by Gasteiger charge is 2.39. The van der Waals surface area contributed by atoms with E-state index in [1.165, 1.54) is 21.9 Å². The number of likely N-dealkylation sites (tertiary alicyclic amines) is 1. The number of piperidine rings is 1. The summed E-state index contributed by atoms with van der Waals surface area (Å²) in [5.41, 5.74) is 1.59. The first-order chi connectivity index (χ1) is 21.3. The minimum Gasteiger partial charge on any atom is -0.445 e. The van der Waals surface area contributed by atoms with E-state index in [1.54, 1.807) is 6.07 Å². The molecule has 1 fully saturated rings. The smallest absolute Gasteiger partial charge is 0.445 e. The lowest BCUT2D eigenvalue weighted by molar-refractivity contribution is -0.123. The SMILES string of the molecule is O=C(C[C@H]1[C@@H](OC(=O)OCc2ccccc2)CCCN1C(=O)OCc1ccccc1)Cn1cnc2cc(Br)c(Cl)cc2c1=O. The Labute approximate surface area is 266 Å². The summed E-state index contributed by atoms with van der Waals surface area (Å²) < 4.78 is 18.3. The summed E-state index contributed by atoms with van der Waals surface area (Å²) in [6.07, 6.45) is -0.343. The molecule has 0 radical (unpaired) electrons. The number of Topliss-reactive ketones (excluding diaryl/α,β-unsaturated/α-hetero) is 1. The van der Waals surface area contributed by atoms with Crippen LogP contribution in [0.4, 0.5) is 9.59 Å². The van der Waals surface area contributed by atoms with E-state index in [0.717, 1.165) is 11.1 Å². The molecule has 44 heavy (non-hydrogen) atoms. The number of fused-ring (bicyclic) bond motifs is 1. The van der Waals surface area contributed by atoms with Crippen molar-refractivity contribution in [2.75, 3.05) is 6.54 Å². The number of rotatable bonds is 9. The Kier molecular flexibility index (Phi) is 10.3. The number of carbonyl (C=O) groups is 3. The van der Waals surface area contributed by atoms with Gasteiger partial charge in [0.25, 0.3) is 5.56 Å². The molecule has 2 atom stereocenters. The lowest BCUT2D eigenvalue weighted by Gasteiger charge is -2.39. The van der Waals surface area contributed by atoms with Crippen molar-refractivity contribution in [2.24, 2.45) is 0 Å². The summed E-state index contributed by atoms with van der Waals surface area (Å²) in [5.74, 6) is -0.365. The van der Waals surface area contributed by atoms with Crippen LogP contribution < -0.4 is 5.56 Å². The van der Waals surface area contributed by atoms with Crippen molar-refractivity contribution in [3.05, 3.63) is 110 Å². The molecular weight excluding hydrogens is 654 g/mol. The quantitative estimate of drug-likeness (QED) is 0.189. The van der Waals surface area contributed by atoms with Crippen molar-refractivity contribution < 1.29 is 28.6 Å². The molecule has 1 saturated heterocycles. The first-order valence-electron chi connectivity index (χ1n) is 14.0. The third-order valence-electron chi connectivity index (χ3n) is 7.25. The molecule has 0 unspecified atom stereocenters. The van der Waals surface area contributed by atoms with E-state index in [2.05, 4.69) is 20.9 Å². The second-order valence-corrected chi connectivity index (χ2v) is 11.6. The molecule has 0 spiro atoms. The van der Waals surface area contributed by atoms with E-state index in [1.807, 2.05) is 60.7 Å². The van der Waals surface area contributed by atoms with E-state index < -0.39 is 30.0 Å². The molecule has 3 aromatic carbocycles. The Bertz CT molecular complexity index is 1700. The summed E-state index contributed by atoms with van der Waals surface area (Å²) in [7, 11) is 0. The van der Waals surface area contributed by atoms with Crippen LogP contribution in [0.3, 0.4) is 0 Å². The number of carbonyl (C=O) groups excluding carboxylic acids is 3. The van der Waals surface area contributed by atoms with Gasteiger partial charge in [0, 0.05) is 17.4 Å². The van der Waals surface area contributed by atoms with Crippen LogP contribution >= 0.6 is 27.5 Å². The van der Waals surface area contributed by atoms with Crippen LogP contribution in [0.5, 0.6) is 0 Å². The predicted octanol–water partition coefficient (Wildman–Crippen LogP) is 6.29. The number of benzene rings is 3. The van der Waals surface area contributed by atoms with E-state index in [9.17, 15) is 19.2 Å². The fourth-order valence-electron chi connectivity index (χ4n) is 5.06. The van der Waals surface area contributed by atoms with Crippen molar-refractivity contribution >= 4 is 56.5 Å². The molecule has 0 saturated carbocycles. The maximum atomic E-state index is 13.4. The molecule has 10 nitrogen and oxygen atoms in total. The molecule has 0 aliphatic carbocycles. The lowest BCUT2D eigenvalue weighted by Crippen LogP contribution is -2.53. The summed E-state index contributed by atoms with van der Waals surface area (Å²) in [6, 6.07) is 20.6. The van der Waals surface area contributed by atoms with Gasteiger partial charge >= 0.3 is 12.2 Å². The van der Waals surface area contributed by atoms with Gasteiger partial charge in [0.2, 0.25) is 0 Å². The van der Waals surface area contributed by atoms with Gasteiger partial charge in [0.1, 0.15) is 19.3 Å². The maximum absolute atomic E-state index is 13.4. The average molecular weight is 683 g/mol. The van der Waals surface area contributed by atoms with Crippen molar-refractivity contribution in [1.29, 1.82) is 0 Å². The van der Waals surface area contributed by atoms with Gasteiger partial charge in [-0.2, -0.15) is 0 Å². The standard InChI is InChI=1S/C32H29BrClN3O7/c33-25-16-27-24(15-26(25)34)30(39)36(20-35-27)17-23(38)14-28-29(44-32(41)43-19-22-10-5-2-6-11-22)12-7-13-37(28)31(40)42-18-21-8-3-1-4-9-21/h1-6,8-11,15-16,20,28-29H,7,12-14,17-19H2/t28-,29-/m0/s1. The number of amides is 1. The topological polar surface area (TPSA) is 117 Å². The monoisotopic (exact) mass is 681 g/mol. The van der Waals surface area contributed by atoms with Crippen LogP contribution in [-0.2, 0) is 38.8 Å². The first-order valence-corrected chi connectivity index (χ1v) is 15.2. The highest BCUT2D eigenvalue weighted by Crippen LogP contribution is 2.27. The number of halogens is 2. The molecule has 5 rings (SSSR count). The summed E-state index contributed by atoms with van der Waals surface area (Å²) in [4.78, 5) is 58.2. The van der Waals surface area contributed by atoms with Gasteiger partial charge in [-0.1, -0.05) is 72.3 Å². The number of hydrogen-bond acceptors (Lipinski definition) is 8. The average Bonchev–Trinajstić information content (AvgIpc) is 3.03. The third kappa shape index (κ3) is 7.83. The van der Waals surface area contributed by atoms with Crippen molar-refractivity contribution in [1.82, 2.24) is 14.5 Å². The minimum absolute atomic E-state index is 0.0112. The van der Waals surface area contributed by atoms with Gasteiger partial charge in [-0.25, -0.2) is 14.6 Å². The van der Waals surface area contributed by atoms with Crippen LogP contribution in [-0.4, -0.2) is 51.2 Å². The maximum Gasteiger partial charge on any atom is 0.508 e. The molecule has 0 N–H and O–H groups in total. The second-order valence-electron chi connectivity index (χ2n) is 10.3. The highest BCUT2D eigenvalue weighted by molar-refractivity contribution is 9.10. The Hall–Kier alpha value is -4.22. The molecule has 4 aromatic rings. The molecule has 1 aromatic heterocycles. The molecule has 1 amide bonds. The predicted molar refractivity (Wildman–Crippen MR) is 166 cm³/mol. The summed E-state index contributed by atoms with van der Waals surface area (Å²) >= 11 is 9.50. The van der Waals surface area contributed by atoms with Gasteiger partial charge in [0.15, 0.2) is 5.78 Å². The normalized spacial score (nSPS) is 16.4. The van der Waals surface area contributed by atoms with Gasteiger partial charge in [-0.05, 0) is 52.0 Å². The van der Waals surface area contributed by atoms with Crippen LogP contribution in [0.25, 0.3) is 10.9 Å². The third-order valence-corrected chi connectivity index (χ3v) is 8.45. The van der Waals surface area contributed by atoms with Crippen molar-refractivity contribution in [3.63, 3.8) is 0 Å². The minimum atomic E-state index is -0.909. The van der Waals surface area contributed by atoms with Gasteiger partial charge in [-0.15, -0.1) is 0 Å². The molecule has 12 heteroatoms. The van der Waals surface area contributed by atoms with E-state index in [4.69, 9.17) is 25.8 Å². The Balaban J connectivity index is 1.32. The molecule has 1 aliphatic rings. The second kappa shape index (κ2) is 14.5. The number of nitrogens with zero attached hydrogens (tertiary/aromatic N) is 3. The van der Waals surface area contributed by atoms with Crippen LogP contribution in [0.2, 0.25) is 5.02 Å². The van der Waals surface area contributed by atoms with Crippen molar-refractivity contribution in [3.8, 4) is 0 Å². The van der Waals surface area contributed by atoms with Crippen LogP contribution in [0.15, 0.2) is 88.4 Å². The van der Waals surface area contributed by atoms with E-state index >= 15 is 0 Å². The zero-order valence-electron chi connectivity index (χ0n) is 23.6. The number of ketones is 1. The van der Waals surface area contributed by atoms with E-state index in [0.29, 0.717) is 34.4 Å². The Morgan fingerprint density at radius 1 is 0.955 bits per heavy atom. The fourth-order valence-corrected chi connectivity index (χ4v) is 5.55. The number of aromatic nitrogens is 2. The summed E-state index contributed by atoms with van der Waals surface area (Å²) in [5, 5.41) is 0.603. The lowest BCUT2D eigenvalue weighted by atomic mass is 9.94. The molecular formula is C32H29BrClN3O7. The van der Waals surface area contributed by atoms with Gasteiger partial charge < -0.3 is 19.1 Å². The molecule has 228 valence electrons.